The second kappa shape index (κ2) is 5.80. The molecule has 2 nitrogen and oxygen atoms in total. The second-order valence-corrected chi connectivity index (χ2v) is 7.68. The third-order valence-corrected chi connectivity index (χ3v) is 5.94. The number of halogens is 1. The van der Waals surface area contributed by atoms with Gasteiger partial charge >= 0.3 is 0 Å². The van der Waals surface area contributed by atoms with E-state index in [4.69, 9.17) is 11.6 Å². The van der Waals surface area contributed by atoms with Gasteiger partial charge in [0, 0.05) is 41.0 Å². The zero-order valence-electron chi connectivity index (χ0n) is 12.3. The average molecular weight is 332 g/mol. The minimum Gasteiger partial charge on any atom is -0.294 e. The molecular formula is C18H18ClNOS. The van der Waals surface area contributed by atoms with Gasteiger partial charge in [-0.15, -0.1) is 11.3 Å². The van der Waals surface area contributed by atoms with Gasteiger partial charge in [0.15, 0.2) is 5.78 Å². The molecule has 2 aromatic rings. The summed E-state index contributed by atoms with van der Waals surface area (Å²) in [5, 5.41) is 2.90. The molecule has 2 aliphatic rings. The van der Waals surface area contributed by atoms with E-state index in [0.717, 1.165) is 55.0 Å². The fourth-order valence-electron chi connectivity index (χ4n) is 3.09. The summed E-state index contributed by atoms with van der Waals surface area (Å²) in [5.74, 6) is 0.510. The third kappa shape index (κ3) is 2.85. The van der Waals surface area contributed by atoms with Gasteiger partial charge in [-0.1, -0.05) is 23.7 Å². The molecule has 0 radical (unpaired) electrons. The van der Waals surface area contributed by atoms with Crippen LogP contribution in [0.1, 0.15) is 39.2 Å². The van der Waals surface area contributed by atoms with Crippen LogP contribution in [0.2, 0.25) is 5.02 Å². The van der Waals surface area contributed by atoms with Crippen LogP contribution in [0, 0.1) is 5.92 Å². The number of rotatable bonds is 4. The normalized spacial score (nSPS) is 18.2. The molecule has 114 valence electrons. The lowest BCUT2D eigenvalue weighted by Crippen LogP contribution is -2.29. The predicted molar refractivity (Wildman–Crippen MR) is 90.6 cm³/mol. The second-order valence-electron chi connectivity index (χ2n) is 6.27. The summed E-state index contributed by atoms with van der Waals surface area (Å²) in [4.78, 5) is 16.1. The highest BCUT2D eigenvalue weighted by molar-refractivity contribution is 7.10. The maximum atomic E-state index is 12.1. The molecule has 0 N–H and O–H groups in total. The molecule has 0 unspecified atom stereocenters. The molecule has 1 fully saturated rings. The van der Waals surface area contributed by atoms with Gasteiger partial charge in [-0.25, -0.2) is 0 Å². The van der Waals surface area contributed by atoms with Crippen LogP contribution >= 0.6 is 22.9 Å². The van der Waals surface area contributed by atoms with Crippen LogP contribution in [-0.2, 0) is 19.5 Å². The monoisotopic (exact) mass is 331 g/mol. The summed E-state index contributed by atoms with van der Waals surface area (Å²) < 4.78 is 0. The summed E-state index contributed by atoms with van der Waals surface area (Å²) in [5.41, 5.74) is 3.34. The Kier molecular flexibility index (Phi) is 3.81. The minimum absolute atomic E-state index is 0.251. The van der Waals surface area contributed by atoms with Crippen LogP contribution in [0.4, 0.5) is 0 Å². The molecule has 1 saturated carbocycles. The molecule has 1 aliphatic carbocycles. The zero-order chi connectivity index (χ0) is 15.1. The fraction of sp³-hybridized carbons (Fsp3) is 0.389. The Morgan fingerprint density at radius 1 is 1.32 bits per heavy atom. The van der Waals surface area contributed by atoms with Gasteiger partial charge < -0.3 is 0 Å². The smallest absolute Gasteiger partial charge is 0.165 e. The summed E-state index contributed by atoms with van der Waals surface area (Å²) in [6.07, 6.45) is 3.20. The number of hydrogen-bond acceptors (Lipinski definition) is 3. The van der Waals surface area contributed by atoms with Crippen molar-refractivity contribution in [3.8, 4) is 0 Å². The first-order chi connectivity index (χ1) is 10.7. The Balaban J connectivity index is 1.48. The Morgan fingerprint density at radius 2 is 2.18 bits per heavy atom. The van der Waals surface area contributed by atoms with Crippen molar-refractivity contribution in [3.63, 3.8) is 0 Å². The SMILES string of the molecule is O=C(c1ccc(CN2CCc3sccc3C2)c(Cl)c1)C1CC1. The zero-order valence-corrected chi connectivity index (χ0v) is 13.9. The lowest BCUT2D eigenvalue weighted by molar-refractivity contribution is 0.0967. The third-order valence-electron chi connectivity index (χ3n) is 4.57. The van der Waals surface area contributed by atoms with E-state index in [1.54, 1.807) is 0 Å². The quantitative estimate of drug-likeness (QED) is 0.766. The molecule has 1 aromatic carbocycles. The van der Waals surface area contributed by atoms with Crippen molar-refractivity contribution < 1.29 is 4.79 Å². The molecule has 2 heterocycles. The van der Waals surface area contributed by atoms with Gasteiger partial charge in [-0.2, -0.15) is 0 Å². The number of ketones is 1. The number of Topliss-reactive ketones (excluding diaryl/α,β-unsaturated/α-hetero) is 1. The van der Waals surface area contributed by atoms with Crippen molar-refractivity contribution in [2.75, 3.05) is 6.54 Å². The van der Waals surface area contributed by atoms with Crippen LogP contribution in [-0.4, -0.2) is 17.2 Å². The Morgan fingerprint density at radius 3 is 2.95 bits per heavy atom. The number of carbonyl (C=O) groups excluding carboxylic acids is 1. The van der Waals surface area contributed by atoms with Crippen LogP contribution in [0.3, 0.4) is 0 Å². The highest BCUT2D eigenvalue weighted by atomic mass is 35.5. The largest absolute Gasteiger partial charge is 0.294 e. The van der Waals surface area contributed by atoms with Gasteiger partial charge in [0.1, 0.15) is 0 Å². The Labute approximate surface area is 139 Å². The van der Waals surface area contributed by atoms with Crippen molar-refractivity contribution in [1.82, 2.24) is 4.90 Å². The van der Waals surface area contributed by atoms with Crippen molar-refractivity contribution in [2.45, 2.75) is 32.4 Å². The molecule has 22 heavy (non-hydrogen) atoms. The molecule has 0 bridgehead atoms. The van der Waals surface area contributed by atoms with E-state index in [1.165, 1.54) is 10.4 Å². The van der Waals surface area contributed by atoms with Gasteiger partial charge in [-0.3, -0.25) is 9.69 Å². The molecule has 0 atom stereocenters. The van der Waals surface area contributed by atoms with Gasteiger partial charge in [0.05, 0.1) is 0 Å². The van der Waals surface area contributed by atoms with E-state index in [2.05, 4.69) is 16.3 Å². The number of nitrogens with zero attached hydrogens (tertiary/aromatic N) is 1. The van der Waals surface area contributed by atoms with Gasteiger partial charge in [0.25, 0.3) is 0 Å². The summed E-state index contributed by atoms with van der Waals surface area (Å²) >= 11 is 8.28. The first-order valence-electron chi connectivity index (χ1n) is 7.81. The molecular weight excluding hydrogens is 314 g/mol. The van der Waals surface area contributed by atoms with Crippen molar-refractivity contribution in [1.29, 1.82) is 0 Å². The van der Waals surface area contributed by atoms with Crippen molar-refractivity contribution in [2.24, 2.45) is 5.92 Å². The molecule has 0 spiro atoms. The summed E-state index contributed by atoms with van der Waals surface area (Å²) in [6.45, 7) is 2.93. The summed E-state index contributed by atoms with van der Waals surface area (Å²) in [7, 11) is 0. The van der Waals surface area contributed by atoms with Crippen LogP contribution in [0.15, 0.2) is 29.6 Å². The van der Waals surface area contributed by atoms with Gasteiger partial charge in [-0.05, 0) is 47.9 Å². The lowest BCUT2D eigenvalue weighted by atomic mass is 10.0. The maximum absolute atomic E-state index is 12.1. The highest BCUT2D eigenvalue weighted by Gasteiger charge is 2.30. The molecule has 1 aromatic heterocycles. The molecule has 0 amide bonds. The predicted octanol–water partition coefficient (Wildman–Crippen LogP) is 4.55. The van der Waals surface area contributed by atoms with Crippen molar-refractivity contribution >= 4 is 28.7 Å². The van der Waals surface area contributed by atoms with E-state index in [0.29, 0.717) is 0 Å². The molecule has 1 aliphatic heterocycles. The minimum atomic E-state index is 0.251. The Bertz CT molecular complexity index is 720. The van der Waals surface area contributed by atoms with Crippen LogP contribution in [0.25, 0.3) is 0 Å². The van der Waals surface area contributed by atoms with E-state index in [9.17, 15) is 4.79 Å². The van der Waals surface area contributed by atoms with E-state index in [-0.39, 0.29) is 11.7 Å². The first kappa shape index (κ1) is 14.4. The topological polar surface area (TPSA) is 20.3 Å². The Hall–Kier alpha value is -1.16. The van der Waals surface area contributed by atoms with Gasteiger partial charge in [0.2, 0.25) is 0 Å². The maximum Gasteiger partial charge on any atom is 0.165 e. The molecule has 0 saturated heterocycles. The van der Waals surface area contributed by atoms with Crippen molar-refractivity contribution in [3.05, 3.63) is 56.2 Å². The number of thiophene rings is 1. The standard InChI is InChI=1S/C18H18ClNOS/c19-16-9-13(18(21)12-1-2-12)3-4-14(16)10-20-7-5-17-15(11-20)6-8-22-17/h3-4,6,8-9,12H,1-2,5,7,10-11H2. The number of carbonyl (C=O) groups is 1. The lowest BCUT2D eigenvalue weighted by Gasteiger charge is -2.27. The van der Waals surface area contributed by atoms with E-state index < -0.39 is 0 Å². The number of hydrogen-bond donors (Lipinski definition) is 0. The van der Waals surface area contributed by atoms with Crippen LogP contribution < -0.4 is 0 Å². The van der Waals surface area contributed by atoms with E-state index >= 15 is 0 Å². The highest BCUT2D eigenvalue weighted by Crippen LogP contribution is 2.34. The fourth-order valence-corrected chi connectivity index (χ4v) is 4.22. The van der Waals surface area contributed by atoms with E-state index in [1.807, 2.05) is 29.5 Å². The molecule has 4 rings (SSSR count). The number of benzene rings is 1. The first-order valence-corrected chi connectivity index (χ1v) is 9.07. The molecule has 4 heteroatoms. The summed E-state index contributed by atoms with van der Waals surface area (Å²) in [6, 6.07) is 8.06. The average Bonchev–Trinajstić information content (AvgIpc) is 3.27. The van der Waals surface area contributed by atoms with Crippen LogP contribution in [0.5, 0.6) is 0 Å². The number of fused-ring (bicyclic) bond motifs is 1.